The van der Waals surface area contributed by atoms with E-state index in [-0.39, 0.29) is 28.7 Å². The summed E-state index contributed by atoms with van der Waals surface area (Å²) in [5.41, 5.74) is 1.06. The van der Waals surface area contributed by atoms with Crippen molar-refractivity contribution in [2.24, 2.45) is 0 Å². The zero-order valence-electron chi connectivity index (χ0n) is 21.8. The number of ether oxygens (including phenoxy) is 4. The third kappa shape index (κ3) is 6.67. The fourth-order valence-electron chi connectivity index (χ4n) is 4.53. The van der Waals surface area contributed by atoms with Gasteiger partial charge < -0.3 is 18.9 Å². The van der Waals surface area contributed by atoms with E-state index in [1.54, 1.807) is 121 Å². The molecule has 1 aliphatic rings. The van der Waals surface area contributed by atoms with E-state index >= 15 is 0 Å². The number of carbonyl (C=O) groups excluding carboxylic acids is 4. The van der Waals surface area contributed by atoms with E-state index in [9.17, 15) is 19.2 Å². The molecule has 1 aliphatic carbocycles. The predicted molar refractivity (Wildman–Crippen MR) is 147 cm³/mol. The molecule has 0 aromatic heterocycles. The topological polar surface area (TPSA) is 105 Å². The molecule has 1 saturated carbocycles. The summed E-state index contributed by atoms with van der Waals surface area (Å²) in [7, 11) is 0. The van der Waals surface area contributed by atoms with Crippen molar-refractivity contribution in [2.45, 2.75) is 30.8 Å². The average Bonchev–Trinajstić information content (AvgIpc) is 3.32. The first kappa shape index (κ1) is 27.3. The number of hydrogen-bond acceptors (Lipinski definition) is 8. The summed E-state index contributed by atoms with van der Waals surface area (Å²) >= 11 is 0. The second-order valence-electron chi connectivity index (χ2n) is 9.33. The molecule has 0 bridgehead atoms. The van der Waals surface area contributed by atoms with Crippen LogP contribution in [0.25, 0.3) is 0 Å². The molecular formula is C33H26O8. The van der Waals surface area contributed by atoms with Crippen LogP contribution in [-0.4, -0.2) is 48.3 Å². The van der Waals surface area contributed by atoms with Gasteiger partial charge in [0.05, 0.1) is 22.3 Å². The van der Waals surface area contributed by atoms with E-state index in [0.29, 0.717) is 0 Å². The SMILES string of the molecule is O=C(OC1CC(OC(=O)c2ccccc2)C(OC(=O)c2ccccc2)C1OC(=O)c1ccccc1)c1ccccc1. The third-order valence-electron chi connectivity index (χ3n) is 6.56. The molecule has 5 rings (SSSR count). The van der Waals surface area contributed by atoms with Gasteiger partial charge in [0.25, 0.3) is 0 Å². The molecule has 0 aliphatic heterocycles. The molecule has 8 heteroatoms. The molecule has 4 unspecified atom stereocenters. The number of carbonyl (C=O) groups is 4. The second kappa shape index (κ2) is 12.7. The van der Waals surface area contributed by atoms with Crippen LogP contribution < -0.4 is 0 Å². The molecule has 41 heavy (non-hydrogen) atoms. The van der Waals surface area contributed by atoms with Crippen molar-refractivity contribution < 1.29 is 38.1 Å². The van der Waals surface area contributed by atoms with E-state index in [0.717, 1.165) is 0 Å². The summed E-state index contributed by atoms with van der Waals surface area (Å²) < 4.78 is 23.2. The van der Waals surface area contributed by atoms with Crippen LogP contribution >= 0.6 is 0 Å². The Bertz CT molecular complexity index is 1370. The van der Waals surface area contributed by atoms with Crippen LogP contribution in [0.5, 0.6) is 0 Å². The van der Waals surface area contributed by atoms with Crippen LogP contribution in [0.3, 0.4) is 0 Å². The minimum Gasteiger partial charge on any atom is -0.455 e. The monoisotopic (exact) mass is 550 g/mol. The van der Waals surface area contributed by atoms with Gasteiger partial charge in [-0.05, 0) is 48.5 Å². The molecular weight excluding hydrogens is 524 g/mol. The summed E-state index contributed by atoms with van der Waals surface area (Å²) in [5.74, 6) is -2.77. The molecule has 4 aromatic rings. The first-order valence-corrected chi connectivity index (χ1v) is 13.0. The van der Waals surface area contributed by atoms with Gasteiger partial charge >= 0.3 is 23.9 Å². The Labute approximate surface area is 236 Å². The number of benzene rings is 4. The van der Waals surface area contributed by atoms with Crippen LogP contribution in [0.2, 0.25) is 0 Å². The van der Waals surface area contributed by atoms with Crippen LogP contribution in [0.4, 0.5) is 0 Å². The standard InChI is InChI=1S/C33H26O8/c34-30(22-13-5-1-6-14-22)38-26-21-27(39-31(35)23-15-7-2-8-16-23)29(41-33(37)25-19-11-4-12-20-25)28(26)40-32(36)24-17-9-3-10-18-24/h1-20,26-29H,21H2. The zero-order chi connectivity index (χ0) is 28.6. The summed E-state index contributed by atoms with van der Waals surface area (Å²) in [6.45, 7) is 0. The van der Waals surface area contributed by atoms with Crippen molar-refractivity contribution in [1.82, 2.24) is 0 Å². The molecule has 0 heterocycles. The van der Waals surface area contributed by atoms with Gasteiger partial charge in [-0.1, -0.05) is 72.8 Å². The van der Waals surface area contributed by atoms with Crippen LogP contribution in [0, 0.1) is 0 Å². The lowest BCUT2D eigenvalue weighted by Crippen LogP contribution is -2.42. The minimum atomic E-state index is -1.27. The second-order valence-corrected chi connectivity index (χ2v) is 9.33. The van der Waals surface area contributed by atoms with E-state index in [1.165, 1.54) is 0 Å². The zero-order valence-corrected chi connectivity index (χ0v) is 21.8. The summed E-state index contributed by atoms with van der Waals surface area (Å²) in [5, 5.41) is 0. The van der Waals surface area contributed by atoms with Gasteiger partial charge in [-0.3, -0.25) is 0 Å². The van der Waals surface area contributed by atoms with Crippen LogP contribution in [0.15, 0.2) is 121 Å². The third-order valence-corrected chi connectivity index (χ3v) is 6.56. The van der Waals surface area contributed by atoms with Crippen molar-refractivity contribution in [3.8, 4) is 0 Å². The maximum Gasteiger partial charge on any atom is 0.338 e. The molecule has 4 aromatic carbocycles. The molecule has 0 radical (unpaired) electrons. The molecule has 1 fully saturated rings. The van der Waals surface area contributed by atoms with Gasteiger partial charge in [0.1, 0.15) is 12.2 Å². The predicted octanol–water partition coefficient (Wildman–Crippen LogP) is 5.29. The Balaban J connectivity index is 1.47. The molecule has 0 spiro atoms. The van der Waals surface area contributed by atoms with Crippen molar-refractivity contribution in [3.05, 3.63) is 144 Å². The van der Waals surface area contributed by atoms with Crippen molar-refractivity contribution >= 4 is 23.9 Å². The maximum atomic E-state index is 13.1. The molecule has 0 amide bonds. The normalized spacial score (nSPS) is 19.5. The Morgan fingerprint density at radius 3 is 0.902 bits per heavy atom. The molecule has 206 valence electrons. The lowest BCUT2D eigenvalue weighted by Gasteiger charge is -2.26. The molecule has 4 atom stereocenters. The summed E-state index contributed by atoms with van der Waals surface area (Å²) in [6.07, 6.45) is -4.78. The quantitative estimate of drug-likeness (QED) is 0.215. The Morgan fingerprint density at radius 1 is 0.390 bits per heavy atom. The Kier molecular flexibility index (Phi) is 8.49. The van der Waals surface area contributed by atoms with Gasteiger partial charge in [-0.25, -0.2) is 19.2 Å². The Hall–Kier alpha value is -5.24. The van der Waals surface area contributed by atoms with Crippen LogP contribution in [-0.2, 0) is 18.9 Å². The fourth-order valence-corrected chi connectivity index (χ4v) is 4.53. The van der Waals surface area contributed by atoms with Crippen molar-refractivity contribution in [1.29, 1.82) is 0 Å². The highest BCUT2D eigenvalue weighted by molar-refractivity contribution is 5.92. The van der Waals surface area contributed by atoms with Gasteiger partial charge in [-0.2, -0.15) is 0 Å². The Morgan fingerprint density at radius 2 is 0.634 bits per heavy atom. The van der Waals surface area contributed by atoms with Gasteiger partial charge in [0, 0.05) is 6.42 Å². The summed E-state index contributed by atoms with van der Waals surface area (Å²) in [6, 6.07) is 33.1. The van der Waals surface area contributed by atoms with Gasteiger partial charge in [0.2, 0.25) is 0 Å². The van der Waals surface area contributed by atoms with E-state index < -0.39 is 48.3 Å². The highest BCUT2D eigenvalue weighted by Gasteiger charge is 2.52. The molecule has 8 nitrogen and oxygen atoms in total. The fraction of sp³-hybridized carbons (Fsp3) is 0.152. The van der Waals surface area contributed by atoms with Crippen LogP contribution in [0.1, 0.15) is 47.9 Å². The number of esters is 4. The molecule has 0 N–H and O–H groups in total. The average molecular weight is 551 g/mol. The minimum absolute atomic E-state index is 0.0728. The van der Waals surface area contributed by atoms with E-state index in [4.69, 9.17) is 18.9 Å². The van der Waals surface area contributed by atoms with Crippen molar-refractivity contribution in [2.75, 3.05) is 0 Å². The lowest BCUT2D eigenvalue weighted by molar-refractivity contribution is -0.0770. The van der Waals surface area contributed by atoms with E-state index in [1.807, 2.05) is 0 Å². The summed E-state index contributed by atoms with van der Waals surface area (Å²) in [4.78, 5) is 52.3. The molecule has 0 saturated heterocycles. The smallest absolute Gasteiger partial charge is 0.338 e. The highest BCUT2D eigenvalue weighted by Crippen LogP contribution is 2.33. The number of rotatable bonds is 8. The van der Waals surface area contributed by atoms with Crippen molar-refractivity contribution in [3.63, 3.8) is 0 Å². The first-order valence-electron chi connectivity index (χ1n) is 13.0. The maximum absolute atomic E-state index is 13.1. The highest BCUT2D eigenvalue weighted by atomic mass is 16.6. The number of hydrogen-bond donors (Lipinski definition) is 0. The largest absolute Gasteiger partial charge is 0.455 e. The first-order chi connectivity index (χ1) is 20.0. The van der Waals surface area contributed by atoms with Gasteiger partial charge in [-0.15, -0.1) is 0 Å². The van der Waals surface area contributed by atoms with E-state index in [2.05, 4.69) is 0 Å². The van der Waals surface area contributed by atoms with Gasteiger partial charge in [0.15, 0.2) is 12.2 Å². The lowest BCUT2D eigenvalue weighted by atomic mass is 10.1.